The molecular weight excluding hydrogens is 410 g/mol. The molecule has 0 atom stereocenters. The molecule has 4 nitrogen and oxygen atoms in total. The van der Waals surface area contributed by atoms with E-state index in [1.54, 1.807) is 4.40 Å². The van der Waals surface area contributed by atoms with E-state index < -0.39 is 0 Å². The van der Waals surface area contributed by atoms with Crippen molar-refractivity contribution in [1.82, 2.24) is 9.38 Å². The second-order valence-electron chi connectivity index (χ2n) is 6.68. The van der Waals surface area contributed by atoms with Gasteiger partial charge >= 0.3 is 0 Å². The van der Waals surface area contributed by atoms with E-state index in [-0.39, 0.29) is 5.56 Å². The summed E-state index contributed by atoms with van der Waals surface area (Å²) in [7, 11) is 4.00. The molecular formula is C20H18BrN3OS. The van der Waals surface area contributed by atoms with Gasteiger partial charge in [0.2, 0.25) is 0 Å². The van der Waals surface area contributed by atoms with E-state index in [1.165, 1.54) is 22.5 Å². The number of aryl methyl sites for hydroxylation is 2. The van der Waals surface area contributed by atoms with E-state index in [1.807, 2.05) is 55.4 Å². The third-order valence-electron chi connectivity index (χ3n) is 4.61. The molecule has 0 unspecified atom stereocenters. The molecule has 0 saturated heterocycles. The first-order chi connectivity index (χ1) is 12.3. The number of imidazole rings is 1. The fourth-order valence-corrected chi connectivity index (χ4v) is 4.78. The van der Waals surface area contributed by atoms with Crippen LogP contribution in [0.1, 0.15) is 16.7 Å². The third kappa shape index (κ3) is 2.73. The molecule has 4 rings (SSSR count). The normalized spacial score (nSPS) is 12.4. The van der Waals surface area contributed by atoms with Crippen LogP contribution in [0.5, 0.6) is 0 Å². The van der Waals surface area contributed by atoms with Crippen LogP contribution in [-0.2, 0) is 0 Å². The SMILES string of the molecule is Cc1cc2nc3sc(=Cc4ccc(N(C)C)c(Br)c4)c(=O)n3c2cc1C. The standard InChI is InChI=1S/C20H18BrN3OS/c1-11-7-15-17(8-12(11)2)24-19(25)18(26-20(24)22-15)10-13-5-6-16(23(3)4)14(21)9-13/h5-10H,1-4H3. The Hall–Kier alpha value is -2.18. The summed E-state index contributed by atoms with van der Waals surface area (Å²) < 4.78 is 3.42. The van der Waals surface area contributed by atoms with Crippen LogP contribution in [0.4, 0.5) is 5.69 Å². The highest BCUT2D eigenvalue weighted by Crippen LogP contribution is 2.26. The van der Waals surface area contributed by atoms with E-state index in [0.29, 0.717) is 4.53 Å². The number of benzene rings is 2. The number of rotatable bonds is 2. The molecule has 0 radical (unpaired) electrons. The molecule has 6 heteroatoms. The number of anilines is 1. The van der Waals surface area contributed by atoms with Crippen molar-refractivity contribution in [3.8, 4) is 0 Å². The second kappa shape index (κ2) is 6.21. The zero-order chi connectivity index (χ0) is 18.6. The van der Waals surface area contributed by atoms with Crippen molar-refractivity contribution < 1.29 is 0 Å². The molecule has 0 aliphatic heterocycles. The van der Waals surface area contributed by atoms with Gasteiger partial charge in [0.1, 0.15) is 0 Å². The van der Waals surface area contributed by atoms with Crippen molar-refractivity contribution in [2.75, 3.05) is 19.0 Å². The smallest absolute Gasteiger partial charge is 0.274 e. The van der Waals surface area contributed by atoms with Gasteiger partial charge in [-0.15, -0.1) is 0 Å². The Morgan fingerprint density at radius 1 is 1.15 bits per heavy atom. The Morgan fingerprint density at radius 3 is 2.58 bits per heavy atom. The third-order valence-corrected chi connectivity index (χ3v) is 6.21. The number of hydrogen-bond donors (Lipinski definition) is 0. The zero-order valence-electron chi connectivity index (χ0n) is 15.0. The molecule has 0 bridgehead atoms. The Balaban J connectivity index is 1.91. The second-order valence-corrected chi connectivity index (χ2v) is 8.54. The molecule has 0 spiro atoms. The lowest BCUT2D eigenvalue weighted by Crippen LogP contribution is -2.22. The van der Waals surface area contributed by atoms with Gasteiger partial charge in [0, 0.05) is 18.6 Å². The van der Waals surface area contributed by atoms with Crippen LogP contribution in [0.3, 0.4) is 0 Å². The highest BCUT2D eigenvalue weighted by atomic mass is 79.9. The summed E-state index contributed by atoms with van der Waals surface area (Å²) in [6, 6.07) is 10.2. The number of thiazole rings is 1. The summed E-state index contributed by atoms with van der Waals surface area (Å²) in [6.07, 6.45) is 1.93. The van der Waals surface area contributed by atoms with Crippen LogP contribution >= 0.6 is 27.3 Å². The van der Waals surface area contributed by atoms with Crippen molar-refractivity contribution in [1.29, 1.82) is 0 Å². The minimum absolute atomic E-state index is 0.0106. The first-order valence-corrected chi connectivity index (χ1v) is 9.87. The van der Waals surface area contributed by atoms with Crippen LogP contribution < -0.4 is 15.0 Å². The fourth-order valence-electron chi connectivity index (χ4n) is 3.05. The Bertz CT molecular complexity index is 1270. The molecule has 0 amide bonds. The average Bonchev–Trinajstić information content (AvgIpc) is 3.05. The number of hydrogen-bond acceptors (Lipinski definition) is 4. The van der Waals surface area contributed by atoms with Crippen molar-refractivity contribution >= 4 is 55.0 Å². The first-order valence-electron chi connectivity index (χ1n) is 8.26. The van der Waals surface area contributed by atoms with Crippen molar-refractivity contribution in [2.45, 2.75) is 13.8 Å². The Labute approximate surface area is 163 Å². The van der Waals surface area contributed by atoms with Gasteiger partial charge in [-0.3, -0.25) is 4.79 Å². The minimum atomic E-state index is -0.0106. The van der Waals surface area contributed by atoms with Crippen molar-refractivity contribution in [2.24, 2.45) is 0 Å². The van der Waals surface area contributed by atoms with Crippen LogP contribution in [0.2, 0.25) is 0 Å². The van der Waals surface area contributed by atoms with E-state index in [4.69, 9.17) is 0 Å². The molecule has 2 aromatic heterocycles. The molecule has 2 aromatic carbocycles. The number of nitrogens with zero attached hydrogens (tertiary/aromatic N) is 3. The predicted molar refractivity (Wildman–Crippen MR) is 114 cm³/mol. The van der Waals surface area contributed by atoms with Gasteiger partial charge in [0.05, 0.1) is 21.3 Å². The summed E-state index contributed by atoms with van der Waals surface area (Å²) in [4.78, 5) is 20.4. The maximum atomic E-state index is 12.9. The van der Waals surface area contributed by atoms with E-state index in [0.717, 1.165) is 31.7 Å². The van der Waals surface area contributed by atoms with Gasteiger partial charge < -0.3 is 4.90 Å². The number of fused-ring (bicyclic) bond motifs is 3. The van der Waals surface area contributed by atoms with Crippen molar-refractivity contribution in [3.63, 3.8) is 0 Å². The summed E-state index contributed by atoms with van der Waals surface area (Å²) >= 11 is 5.03. The van der Waals surface area contributed by atoms with Crippen molar-refractivity contribution in [3.05, 3.63) is 66.4 Å². The number of halogens is 1. The molecule has 132 valence electrons. The topological polar surface area (TPSA) is 37.6 Å². The van der Waals surface area contributed by atoms with Gasteiger partial charge in [-0.1, -0.05) is 17.4 Å². The maximum absolute atomic E-state index is 12.9. The van der Waals surface area contributed by atoms with Gasteiger partial charge in [-0.05, 0) is 76.8 Å². The molecule has 0 aliphatic rings. The molecule has 0 fully saturated rings. The predicted octanol–water partition coefficient (Wildman–Crippen LogP) is 3.90. The monoisotopic (exact) mass is 427 g/mol. The molecule has 0 saturated carbocycles. The first kappa shape index (κ1) is 17.2. The molecule has 26 heavy (non-hydrogen) atoms. The minimum Gasteiger partial charge on any atom is -0.377 e. The Morgan fingerprint density at radius 2 is 1.88 bits per heavy atom. The summed E-state index contributed by atoms with van der Waals surface area (Å²) in [5, 5.41) is 0. The molecule has 0 aliphatic carbocycles. The van der Waals surface area contributed by atoms with Crippen LogP contribution in [0.15, 0.2) is 39.6 Å². The van der Waals surface area contributed by atoms with Gasteiger partial charge in [0.15, 0.2) is 4.96 Å². The fraction of sp³-hybridized carbons (Fsp3) is 0.200. The zero-order valence-corrected chi connectivity index (χ0v) is 17.4. The van der Waals surface area contributed by atoms with Gasteiger partial charge in [0.25, 0.3) is 5.56 Å². The van der Waals surface area contributed by atoms with E-state index in [2.05, 4.69) is 34.8 Å². The largest absolute Gasteiger partial charge is 0.377 e. The molecule has 4 aromatic rings. The Kier molecular flexibility index (Phi) is 4.12. The summed E-state index contributed by atoms with van der Waals surface area (Å²) in [5.41, 5.74) is 6.19. The van der Waals surface area contributed by atoms with Crippen LogP contribution in [0, 0.1) is 13.8 Å². The van der Waals surface area contributed by atoms with E-state index in [9.17, 15) is 4.79 Å². The highest BCUT2D eigenvalue weighted by molar-refractivity contribution is 9.10. The maximum Gasteiger partial charge on any atom is 0.274 e. The number of aromatic nitrogens is 2. The molecule has 2 heterocycles. The quantitative estimate of drug-likeness (QED) is 0.486. The lowest BCUT2D eigenvalue weighted by molar-refractivity contribution is 1.12. The lowest BCUT2D eigenvalue weighted by atomic mass is 10.1. The molecule has 0 N–H and O–H groups in total. The highest BCUT2D eigenvalue weighted by Gasteiger charge is 2.12. The van der Waals surface area contributed by atoms with Gasteiger partial charge in [-0.2, -0.15) is 0 Å². The summed E-state index contributed by atoms with van der Waals surface area (Å²) in [5.74, 6) is 0. The summed E-state index contributed by atoms with van der Waals surface area (Å²) in [6.45, 7) is 4.12. The lowest BCUT2D eigenvalue weighted by Gasteiger charge is -2.14. The van der Waals surface area contributed by atoms with Crippen LogP contribution in [0.25, 0.3) is 22.1 Å². The van der Waals surface area contributed by atoms with Gasteiger partial charge in [-0.25, -0.2) is 9.38 Å². The van der Waals surface area contributed by atoms with E-state index >= 15 is 0 Å². The average molecular weight is 428 g/mol. The van der Waals surface area contributed by atoms with Crippen LogP contribution in [-0.4, -0.2) is 23.5 Å².